The summed E-state index contributed by atoms with van der Waals surface area (Å²) >= 11 is 0. The Bertz CT molecular complexity index is 240. The van der Waals surface area contributed by atoms with E-state index in [1.54, 1.807) is 0 Å². The van der Waals surface area contributed by atoms with Crippen LogP contribution in [0.1, 0.15) is 53.4 Å². The molecule has 1 aliphatic rings. The molecule has 0 bridgehead atoms. The molecule has 100 valence electrons. The Morgan fingerprint density at radius 2 is 2.12 bits per heavy atom. The first-order valence-corrected chi connectivity index (χ1v) is 6.99. The minimum atomic E-state index is -0.239. The van der Waals surface area contributed by atoms with E-state index in [0.717, 1.165) is 12.8 Å². The second-order valence-electron chi connectivity index (χ2n) is 5.70. The van der Waals surface area contributed by atoms with Crippen molar-refractivity contribution in [3.05, 3.63) is 0 Å². The first-order valence-electron chi connectivity index (χ1n) is 6.99. The largest absolute Gasteiger partial charge is 0.446 e. The molecule has 0 aromatic rings. The van der Waals surface area contributed by atoms with E-state index in [4.69, 9.17) is 4.74 Å². The standard InChI is InChI=1S/C14H27NO2/c1-5-8-15-14(16)17-13-9-11(4)6-7-12(13)10(2)3/h10-13H,5-9H2,1-4H3,(H,15,16). The molecule has 3 nitrogen and oxygen atoms in total. The van der Waals surface area contributed by atoms with E-state index in [1.807, 2.05) is 6.92 Å². The van der Waals surface area contributed by atoms with Gasteiger partial charge in [-0.25, -0.2) is 4.79 Å². The number of carbonyl (C=O) groups excluding carboxylic acids is 1. The summed E-state index contributed by atoms with van der Waals surface area (Å²) in [5.74, 6) is 1.79. The number of hydrogen-bond acceptors (Lipinski definition) is 2. The van der Waals surface area contributed by atoms with Crippen molar-refractivity contribution >= 4 is 6.09 Å². The molecular formula is C14H27NO2. The van der Waals surface area contributed by atoms with Gasteiger partial charge in [0.25, 0.3) is 0 Å². The second kappa shape index (κ2) is 6.87. The molecule has 1 N–H and O–H groups in total. The summed E-state index contributed by atoms with van der Waals surface area (Å²) in [5, 5.41) is 2.79. The van der Waals surface area contributed by atoms with E-state index in [9.17, 15) is 4.79 Å². The number of carbonyl (C=O) groups is 1. The summed E-state index contributed by atoms with van der Waals surface area (Å²) in [7, 11) is 0. The van der Waals surface area contributed by atoms with Crippen molar-refractivity contribution in [2.45, 2.75) is 59.5 Å². The molecule has 3 unspecified atom stereocenters. The van der Waals surface area contributed by atoms with Crippen LogP contribution in [0.25, 0.3) is 0 Å². The zero-order valence-electron chi connectivity index (χ0n) is 11.7. The highest BCUT2D eigenvalue weighted by molar-refractivity contribution is 5.67. The van der Waals surface area contributed by atoms with Crippen molar-refractivity contribution in [1.29, 1.82) is 0 Å². The normalized spacial score (nSPS) is 29.1. The Balaban J connectivity index is 2.48. The van der Waals surface area contributed by atoms with Crippen molar-refractivity contribution < 1.29 is 9.53 Å². The van der Waals surface area contributed by atoms with Crippen LogP contribution < -0.4 is 5.32 Å². The molecule has 1 rings (SSSR count). The minimum absolute atomic E-state index is 0.107. The third-order valence-corrected chi connectivity index (χ3v) is 3.74. The monoisotopic (exact) mass is 241 g/mol. The first kappa shape index (κ1) is 14.3. The third kappa shape index (κ3) is 4.57. The Labute approximate surface area is 105 Å². The van der Waals surface area contributed by atoms with Crippen LogP contribution in [0.5, 0.6) is 0 Å². The van der Waals surface area contributed by atoms with E-state index < -0.39 is 0 Å². The van der Waals surface area contributed by atoms with Gasteiger partial charge < -0.3 is 10.1 Å². The smallest absolute Gasteiger partial charge is 0.407 e. The van der Waals surface area contributed by atoms with E-state index in [1.165, 1.54) is 12.8 Å². The molecular weight excluding hydrogens is 214 g/mol. The Morgan fingerprint density at radius 3 is 2.71 bits per heavy atom. The average Bonchev–Trinajstić information content (AvgIpc) is 2.26. The summed E-state index contributed by atoms with van der Waals surface area (Å²) in [6, 6.07) is 0. The molecule has 1 saturated carbocycles. The zero-order valence-corrected chi connectivity index (χ0v) is 11.7. The van der Waals surface area contributed by atoms with Crippen molar-refractivity contribution in [2.75, 3.05) is 6.54 Å². The maximum absolute atomic E-state index is 11.6. The lowest BCUT2D eigenvalue weighted by Gasteiger charge is -2.36. The van der Waals surface area contributed by atoms with Crippen molar-refractivity contribution in [1.82, 2.24) is 5.32 Å². The van der Waals surface area contributed by atoms with E-state index in [-0.39, 0.29) is 12.2 Å². The fourth-order valence-electron chi connectivity index (χ4n) is 2.66. The highest BCUT2D eigenvalue weighted by Crippen LogP contribution is 2.35. The quantitative estimate of drug-likeness (QED) is 0.817. The number of amides is 1. The van der Waals surface area contributed by atoms with Crippen molar-refractivity contribution in [3.63, 3.8) is 0 Å². The number of ether oxygens (including phenoxy) is 1. The lowest BCUT2D eigenvalue weighted by Crippen LogP contribution is -2.38. The Kier molecular flexibility index (Phi) is 5.79. The molecule has 0 radical (unpaired) electrons. The highest BCUT2D eigenvalue weighted by Gasteiger charge is 2.33. The molecule has 3 atom stereocenters. The summed E-state index contributed by atoms with van der Waals surface area (Å²) in [6.07, 6.45) is 4.28. The molecule has 0 heterocycles. The first-order chi connectivity index (χ1) is 8.04. The van der Waals surface area contributed by atoms with Crippen LogP contribution in [-0.2, 0) is 4.74 Å². The fraction of sp³-hybridized carbons (Fsp3) is 0.929. The van der Waals surface area contributed by atoms with Crippen LogP contribution in [-0.4, -0.2) is 18.7 Å². The molecule has 1 amide bonds. The van der Waals surface area contributed by atoms with Gasteiger partial charge in [-0.3, -0.25) is 0 Å². The zero-order chi connectivity index (χ0) is 12.8. The Hall–Kier alpha value is -0.730. The topological polar surface area (TPSA) is 38.3 Å². The van der Waals surface area contributed by atoms with E-state index in [2.05, 4.69) is 26.1 Å². The molecule has 0 spiro atoms. The fourth-order valence-corrected chi connectivity index (χ4v) is 2.66. The summed E-state index contributed by atoms with van der Waals surface area (Å²) in [5.41, 5.74) is 0. The molecule has 0 aromatic heterocycles. The summed E-state index contributed by atoms with van der Waals surface area (Å²) in [4.78, 5) is 11.6. The predicted octanol–water partition coefficient (Wildman–Crippen LogP) is 3.58. The number of nitrogens with one attached hydrogen (secondary N) is 1. The average molecular weight is 241 g/mol. The van der Waals surface area contributed by atoms with Gasteiger partial charge in [-0.15, -0.1) is 0 Å². The number of alkyl carbamates (subject to hydrolysis) is 1. The maximum atomic E-state index is 11.6. The van der Waals surface area contributed by atoms with Gasteiger partial charge >= 0.3 is 6.09 Å². The molecule has 0 aliphatic heterocycles. The lowest BCUT2D eigenvalue weighted by molar-refractivity contribution is 0.00627. The predicted molar refractivity (Wildman–Crippen MR) is 69.9 cm³/mol. The van der Waals surface area contributed by atoms with Gasteiger partial charge in [0, 0.05) is 6.54 Å². The van der Waals surface area contributed by atoms with E-state index in [0.29, 0.717) is 24.3 Å². The van der Waals surface area contributed by atoms with Crippen LogP contribution in [0.3, 0.4) is 0 Å². The molecule has 0 saturated heterocycles. The van der Waals surface area contributed by atoms with Gasteiger partial charge in [0.15, 0.2) is 0 Å². The van der Waals surface area contributed by atoms with Gasteiger partial charge in [-0.05, 0) is 37.0 Å². The number of hydrogen-bond donors (Lipinski definition) is 1. The number of rotatable bonds is 4. The van der Waals surface area contributed by atoms with Crippen LogP contribution in [0, 0.1) is 17.8 Å². The van der Waals surface area contributed by atoms with Gasteiger partial charge in [0.05, 0.1) is 0 Å². The van der Waals surface area contributed by atoms with Crippen LogP contribution >= 0.6 is 0 Å². The van der Waals surface area contributed by atoms with Crippen LogP contribution in [0.15, 0.2) is 0 Å². The van der Waals surface area contributed by atoms with Gasteiger partial charge in [-0.2, -0.15) is 0 Å². The molecule has 17 heavy (non-hydrogen) atoms. The highest BCUT2D eigenvalue weighted by atomic mass is 16.6. The van der Waals surface area contributed by atoms with Gasteiger partial charge in [-0.1, -0.05) is 34.1 Å². The van der Waals surface area contributed by atoms with Crippen molar-refractivity contribution in [2.24, 2.45) is 17.8 Å². The molecule has 1 fully saturated rings. The Morgan fingerprint density at radius 1 is 1.41 bits per heavy atom. The van der Waals surface area contributed by atoms with Crippen LogP contribution in [0.4, 0.5) is 4.79 Å². The summed E-state index contributed by atoms with van der Waals surface area (Å²) in [6.45, 7) is 9.44. The van der Waals surface area contributed by atoms with Crippen molar-refractivity contribution in [3.8, 4) is 0 Å². The van der Waals surface area contributed by atoms with Crippen LogP contribution in [0.2, 0.25) is 0 Å². The lowest BCUT2D eigenvalue weighted by atomic mass is 9.75. The molecule has 3 heteroatoms. The van der Waals surface area contributed by atoms with Gasteiger partial charge in [0.2, 0.25) is 0 Å². The SMILES string of the molecule is CCCNC(=O)OC1CC(C)CCC1C(C)C. The maximum Gasteiger partial charge on any atom is 0.407 e. The summed E-state index contributed by atoms with van der Waals surface area (Å²) < 4.78 is 5.59. The van der Waals surface area contributed by atoms with Gasteiger partial charge in [0.1, 0.15) is 6.10 Å². The minimum Gasteiger partial charge on any atom is -0.446 e. The molecule has 0 aromatic carbocycles. The second-order valence-corrected chi connectivity index (χ2v) is 5.70. The third-order valence-electron chi connectivity index (χ3n) is 3.74. The van der Waals surface area contributed by atoms with E-state index >= 15 is 0 Å². The molecule has 1 aliphatic carbocycles.